The van der Waals surface area contributed by atoms with Crippen LogP contribution < -0.4 is 5.69 Å². The normalized spacial score (nSPS) is 15.0. The molecule has 2 heterocycles. The lowest BCUT2D eigenvalue weighted by atomic mass is 10.0. The second-order valence-electron chi connectivity index (χ2n) is 6.98. The van der Waals surface area contributed by atoms with Gasteiger partial charge in [-0.1, -0.05) is 12.1 Å². The average Bonchev–Trinajstić information content (AvgIpc) is 3.08. The number of fused-ring (bicyclic) bond motifs is 1. The molecule has 1 aliphatic rings. The highest BCUT2D eigenvalue weighted by Crippen LogP contribution is 2.29. The highest BCUT2D eigenvalue weighted by molar-refractivity contribution is 7.98. The summed E-state index contributed by atoms with van der Waals surface area (Å²) in [7, 11) is 0. The van der Waals surface area contributed by atoms with Gasteiger partial charge in [-0.25, -0.2) is 4.79 Å². The number of H-pyrrole nitrogens is 1. The van der Waals surface area contributed by atoms with Gasteiger partial charge >= 0.3 is 5.69 Å². The van der Waals surface area contributed by atoms with Crippen molar-refractivity contribution >= 4 is 34.4 Å². The number of hydrogen-bond acceptors (Lipinski definition) is 5. The Bertz CT molecular complexity index is 1140. The van der Waals surface area contributed by atoms with E-state index in [0.29, 0.717) is 25.9 Å². The number of para-hydroxylation sites is 2. The topological polar surface area (TPSA) is 101 Å². The van der Waals surface area contributed by atoms with Gasteiger partial charge in [-0.2, -0.15) is 0 Å². The third kappa shape index (κ3) is 3.53. The van der Waals surface area contributed by atoms with Crippen LogP contribution in [0.4, 0.5) is 5.69 Å². The maximum atomic E-state index is 13.0. The van der Waals surface area contributed by atoms with Crippen LogP contribution in [0.15, 0.2) is 52.2 Å². The van der Waals surface area contributed by atoms with E-state index in [4.69, 9.17) is 0 Å². The summed E-state index contributed by atoms with van der Waals surface area (Å²) < 4.78 is 1.76. The lowest BCUT2D eigenvalue weighted by Gasteiger charge is -2.32. The number of aromatic amines is 1. The van der Waals surface area contributed by atoms with Gasteiger partial charge in [0.05, 0.1) is 16.0 Å². The van der Waals surface area contributed by atoms with Crippen LogP contribution in [0.5, 0.6) is 0 Å². The molecular formula is C20H20N4O4S. The van der Waals surface area contributed by atoms with Gasteiger partial charge in [0.1, 0.15) is 5.56 Å². The van der Waals surface area contributed by atoms with E-state index in [9.17, 15) is 19.7 Å². The maximum absolute atomic E-state index is 13.0. The summed E-state index contributed by atoms with van der Waals surface area (Å²) in [6.45, 7) is 0.881. The van der Waals surface area contributed by atoms with E-state index in [1.54, 1.807) is 21.6 Å². The maximum Gasteiger partial charge on any atom is 0.326 e. The van der Waals surface area contributed by atoms with Gasteiger partial charge in [0.15, 0.2) is 0 Å². The Labute approximate surface area is 170 Å². The molecule has 1 amide bonds. The van der Waals surface area contributed by atoms with Crippen molar-refractivity contribution < 1.29 is 9.72 Å². The van der Waals surface area contributed by atoms with E-state index >= 15 is 0 Å². The number of carbonyl (C=O) groups excluding carboxylic acids is 1. The molecule has 1 fully saturated rings. The molecule has 0 unspecified atom stereocenters. The zero-order valence-electron chi connectivity index (χ0n) is 15.8. The molecular weight excluding hydrogens is 392 g/mol. The number of imidazole rings is 1. The van der Waals surface area contributed by atoms with E-state index < -0.39 is 4.92 Å². The molecule has 4 rings (SSSR count). The molecule has 0 aliphatic carbocycles. The number of hydrogen-bond donors (Lipinski definition) is 1. The number of nitro groups is 1. The van der Waals surface area contributed by atoms with E-state index in [-0.39, 0.29) is 28.9 Å². The minimum absolute atomic E-state index is 0.0183. The van der Waals surface area contributed by atoms with Crippen LogP contribution in [-0.2, 0) is 0 Å². The predicted molar refractivity (Wildman–Crippen MR) is 112 cm³/mol. The van der Waals surface area contributed by atoms with Crippen LogP contribution in [0.25, 0.3) is 11.0 Å². The number of likely N-dealkylation sites (tertiary alicyclic amines) is 1. The Balaban J connectivity index is 1.56. The van der Waals surface area contributed by atoms with Crippen LogP contribution in [0, 0.1) is 10.1 Å². The highest BCUT2D eigenvalue weighted by atomic mass is 32.2. The second-order valence-corrected chi connectivity index (χ2v) is 7.86. The number of nitrogens with zero attached hydrogens (tertiary/aromatic N) is 3. The smallest absolute Gasteiger partial charge is 0.326 e. The van der Waals surface area contributed by atoms with Gasteiger partial charge in [-0.3, -0.25) is 19.5 Å². The van der Waals surface area contributed by atoms with Crippen molar-refractivity contribution in [3.05, 3.63) is 68.6 Å². The number of rotatable bonds is 4. The molecule has 9 heteroatoms. The van der Waals surface area contributed by atoms with Crippen LogP contribution in [0.1, 0.15) is 29.2 Å². The van der Waals surface area contributed by atoms with Gasteiger partial charge in [0, 0.05) is 30.1 Å². The van der Waals surface area contributed by atoms with E-state index in [0.717, 1.165) is 15.9 Å². The number of carbonyl (C=O) groups is 1. The molecule has 150 valence electrons. The van der Waals surface area contributed by atoms with Crippen molar-refractivity contribution in [3.8, 4) is 0 Å². The van der Waals surface area contributed by atoms with Crippen LogP contribution in [0.3, 0.4) is 0 Å². The average molecular weight is 412 g/mol. The Morgan fingerprint density at radius 3 is 2.62 bits per heavy atom. The third-order valence-corrected chi connectivity index (χ3v) is 6.10. The monoisotopic (exact) mass is 412 g/mol. The first-order valence-electron chi connectivity index (χ1n) is 9.30. The predicted octanol–water partition coefficient (Wildman–Crippen LogP) is 3.44. The van der Waals surface area contributed by atoms with Crippen molar-refractivity contribution in [3.63, 3.8) is 0 Å². The Morgan fingerprint density at radius 1 is 1.21 bits per heavy atom. The Kier molecular flexibility index (Phi) is 5.14. The number of benzene rings is 2. The minimum atomic E-state index is -0.518. The quantitative estimate of drug-likeness (QED) is 0.402. The Morgan fingerprint density at radius 2 is 1.93 bits per heavy atom. The summed E-state index contributed by atoms with van der Waals surface area (Å²) in [5, 5.41) is 11.4. The number of nitro benzene ring substituents is 1. The molecule has 1 aliphatic heterocycles. The van der Waals surface area contributed by atoms with Crippen molar-refractivity contribution in [1.82, 2.24) is 14.5 Å². The Hall–Kier alpha value is -3.07. The number of piperidine rings is 1. The molecule has 2 aromatic carbocycles. The van der Waals surface area contributed by atoms with Gasteiger partial charge < -0.3 is 9.88 Å². The zero-order chi connectivity index (χ0) is 20.5. The SMILES string of the molecule is CSc1ccc([N+](=O)[O-])c(C(=O)N2CCC(n3c(=O)[nH]c4ccccc43)CC2)c1. The lowest BCUT2D eigenvalue weighted by Crippen LogP contribution is -2.40. The molecule has 29 heavy (non-hydrogen) atoms. The van der Waals surface area contributed by atoms with E-state index in [2.05, 4.69) is 4.98 Å². The number of thioether (sulfide) groups is 1. The van der Waals surface area contributed by atoms with Gasteiger partial charge in [0.25, 0.3) is 11.6 Å². The molecule has 1 aromatic heterocycles. The molecule has 0 spiro atoms. The largest absolute Gasteiger partial charge is 0.338 e. The van der Waals surface area contributed by atoms with Gasteiger partial charge in [-0.15, -0.1) is 11.8 Å². The number of amides is 1. The van der Waals surface area contributed by atoms with E-state index in [1.165, 1.54) is 17.8 Å². The van der Waals surface area contributed by atoms with Crippen LogP contribution in [-0.4, -0.2) is 44.6 Å². The van der Waals surface area contributed by atoms with E-state index in [1.807, 2.05) is 30.5 Å². The fraction of sp³-hybridized carbons (Fsp3) is 0.300. The lowest BCUT2D eigenvalue weighted by molar-refractivity contribution is -0.385. The van der Waals surface area contributed by atoms with Crippen molar-refractivity contribution in [1.29, 1.82) is 0 Å². The fourth-order valence-electron chi connectivity index (χ4n) is 3.91. The van der Waals surface area contributed by atoms with Gasteiger partial charge in [-0.05, 0) is 43.4 Å². The minimum Gasteiger partial charge on any atom is -0.338 e. The molecule has 0 radical (unpaired) electrons. The summed E-state index contributed by atoms with van der Waals surface area (Å²) in [5.41, 5.74) is 1.43. The van der Waals surface area contributed by atoms with Crippen LogP contribution >= 0.6 is 11.8 Å². The first kappa shape index (κ1) is 19.3. The highest BCUT2D eigenvalue weighted by Gasteiger charge is 2.30. The second kappa shape index (κ2) is 7.75. The standard InChI is InChI=1S/C20H20N4O4S/c1-29-14-6-7-17(24(27)28)15(12-14)19(25)22-10-8-13(9-11-22)23-18-5-3-2-4-16(18)21-20(23)26/h2-7,12-13H,8-11H2,1H3,(H,21,26). The molecule has 1 saturated heterocycles. The van der Waals surface area contributed by atoms with Crippen LogP contribution in [0.2, 0.25) is 0 Å². The number of aromatic nitrogens is 2. The molecule has 0 bridgehead atoms. The van der Waals surface area contributed by atoms with Crippen molar-refractivity contribution in [2.24, 2.45) is 0 Å². The summed E-state index contributed by atoms with van der Waals surface area (Å²) >= 11 is 1.43. The summed E-state index contributed by atoms with van der Waals surface area (Å²) in [4.78, 5) is 41.6. The fourth-order valence-corrected chi connectivity index (χ4v) is 4.35. The molecule has 3 aromatic rings. The zero-order valence-corrected chi connectivity index (χ0v) is 16.6. The first-order chi connectivity index (χ1) is 14.0. The van der Waals surface area contributed by atoms with Crippen molar-refractivity contribution in [2.45, 2.75) is 23.8 Å². The first-order valence-corrected chi connectivity index (χ1v) is 10.5. The molecule has 0 saturated carbocycles. The van der Waals surface area contributed by atoms with Gasteiger partial charge in [0.2, 0.25) is 0 Å². The van der Waals surface area contributed by atoms with Crippen molar-refractivity contribution in [2.75, 3.05) is 19.3 Å². The summed E-state index contributed by atoms with van der Waals surface area (Å²) in [6.07, 6.45) is 3.09. The molecule has 8 nitrogen and oxygen atoms in total. The summed E-state index contributed by atoms with van der Waals surface area (Å²) in [5.74, 6) is -0.336. The summed E-state index contributed by atoms with van der Waals surface area (Å²) in [6, 6.07) is 12.1. The molecule has 1 N–H and O–H groups in total. The molecule has 0 atom stereocenters. The number of nitrogens with one attached hydrogen (secondary N) is 1. The third-order valence-electron chi connectivity index (χ3n) is 5.37.